The topological polar surface area (TPSA) is 394 Å². The third-order valence-corrected chi connectivity index (χ3v) is 14.0. The van der Waals surface area contributed by atoms with E-state index in [1.807, 2.05) is 6.92 Å². The van der Waals surface area contributed by atoms with Crippen LogP contribution in [0.5, 0.6) is 0 Å². The first kappa shape index (κ1) is 56.8. The second-order valence-corrected chi connectivity index (χ2v) is 19.1. The highest BCUT2D eigenvalue weighted by Gasteiger charge is 2.57. The van der Waals surface area contributed by atoms with Crippen molar-refractivity contribution in [1.82, 2.24) is 5.32 Å². The molecule has 6 rings (SSSR count). The Morgan fingerprint density at radius 1 is 0.493 bits per heavy atom. The van der Waals surface area contributed by atoms with Crippen LogP contribution in [0.3, 0.4) is 0 Å². The lowest BCUT2D eigenvalue weighted by Crippen LogP contribution is -2.69. The van der Waals surface area contributed by atoms with Crippen LogP contribution in [-0.4, -0.2) is 264 Å². The van der Waals surface area contributed by atoms with E-state index >= 15 is 0 Å². The predicted octanol–water partition coefficient (Wildman–Crippen LogP) is -6.47. The Morgan fingerprint density at radius 3 is 1.58 bits per heavy atom. The molecule has 402 valence electrons. The van der Waals surface area contributed by atoms with Crippen LogP contribution in [0, 0.1) is 11.8 Å². The Kier molecular flexibility index (Phi) is 20.0. The van der Waals surface area contributed by atoms with Gasteiger partial charge in [-0.3, -0.25) is 4.79 Å². The van der Waals surface area contributed by atoms with E-state index in [-0.39, 0.29) is 13.0 Å². The average Bonchev–Trinajstić information content (AvgIpc) is 3.31. The largest absolute Gasteiger partial charge is 0.396 e. The molecular weight excluding hydrogens is 930 g/mol. The molecule has 14 N–H and O–H groups in total. The van der Waals surface area contributed by atoms with Crippen molar-refractivity contribution in [2.45, 2.75) is 233 Å². The van der Waals surface area contributed by atoms with Gasteiger partial charge in [0.15, 0.2) is 31.5 Å². The number of hydrogen-bond acceptors (Lipinski definition) is 25. The van der Waals surface area contributed by atoms with Crippen molar-refractivity contribution in [3.63, 3.8) is 0 Å². The van der Waals surface area contributed by atoms with E-state index in [1.54, 1.807) is 6.92 Å². The summed E-state index contributed by atoms with van der Waals surface area (Å²) in [7, 11) is 0. The molecule has 30 atom stereocenters. The van der Waals surface area contributed by atoms with Crippen LogP contribution < -0.4 is 5.32 Å². The molecule has 0 aromatic heterocycles. The Hall–Kier alpha value is -1.49. The first-order valence-corrected chi connectivity index (χ1v) is 23.7. The highest BCUT2D eigenvalue weighted by molar-refractivity contribution is 5.73. The number of hydrogen-bond donors (Lipinski definition) is 14. The van der Waals surface area contributed by atoms with Crippen LogP contribution in [0.2, 0.25) is 0 Å². The summed E-state index contributed by atoms with van der Waals surface area (Å²) in [4.78, 5) is 13.1. The zero-order valence-electron chi connectivity index (χ0n) is 39.6. The molecule has 5 aliphatic heterocycles. The average molecular weight is 1010 g/mol. The third-order valence-electron chi connectivity index (χ3n) is 14.0. The van der Waals surface area contributed by atoms with Crippen molar-refractivity contribution in [1.29, 1.82) is 0 Å². The molecule has 26 nitrogen and oxygen atoms in total. The molecule has 0 spiro atoms. The summed E-state index contributed by atoms with van der Waals surface area (Å²) in [5.41, 5.74) is 0. The normalized spacial score (nSPS) is 52.1. The van der Waals surface area contributed by atoms with E-state index in [0.29, 0.717) is 6.42 Å². The SMILES string of the molecule is CCCO[C@@H]1OC(C)[C@H](O)[C@H](O)C1O[C@@H]1OC(C)[C@H](O)[C@H](O[C@H]2O[C@@H](CO)[C@@H](O)C(O)C2O)C1O[C@@H]1CC(CO)[C@@H](O)[C@H](O[C@@H]2OC(C)[C@H](O)[C@H](O[C@@H]3OC(C)[C@H](O)[C@H](O)C3O)C2C)C1NC(C)=O. The third kappa shape index (κ3) is 12.2. The van der Waals surface area contributed by atoms with Crippen LogP contribution in [0.4, 0.5) is 0 Å². The summed E-state index contributed by atoms with van der Waals surface area (Å²) in [5.74, 6) is -2.70. The van der Waals surface area contributed by atoms with Gasteiger partial charge in [-0.15, -0.1) is 0 Å². The molecule has 6 aliphatic rings. The van der Waals surface area contributed by atoms with Gasteiger partial charge in [0, 0.05) is 32.0 Å². The van der Waals surface area contributed by atoms with Crippen LogP contribution >= 0.6 is 0 Å². The fourth-order valence-electron chi connectivity index (χ4n) is 9.72. The van der Waals surface area contributed by atoms with Gasteiger partial charge >= 0.3 is 0 Å². The molecule has 5 saturated heterocycles. The van der Waals surface area contributed by atoms with E-state index in [0.717, 1.165) is 0 Å². The van der Waals surface area contributed by atoms with Crippen molar-refractivity contribution in [2.75, 3.05) is 19.8 Å². The summed E-state index contributed by atoms with van der Waals surface area (Å²) in [6.07, 6.45) is -40.5. The molecule has 1 aliphatic carbocycles. The Balaban J connectivity index is 1.35. The minimum absolute atomic E-state index is 0.132. The number of nitrogens with one attached hydrogen (secondary N) is 1. The smallest absolute Gasteiger partial charge is 0.217 e. The van der Waals surface area contributed by atoms with Gasteiger partial charge in [0.05, 0.1) is 55.4 Å². The summed E-state index contributed by atoms with van der Waals surface area (Å²) in [5, 5.41) is 144. The maximum atomic E-state index is 13.1. The number of aliphatic hydroxyl groups excluding tert-OH is 13. The first-order chi connectivity index (χ1) is 32.5. The van der Waals surface area contributed by atoms with Gasteiger partial charge in [0.2, 0.25) is 5.91 Å². The molecule has 0 radical (unpaired) electrons. The van der Waals surface area contributed by atoms with Crippen molar-refractivity contribution in [3.8, 4) is 0 Å². The fourth-order valence-corrected chi connectivity index (χ4v) is 9.72. The fraction of sp³-hybridized carbons (Fsp3) is 0.977. The molecule has 5 heterocycles. The van der Waals surface area contributed by atoms with Crippen LogP contribution in [0.25, 0.3) is 0 Å². The minimum atomic E-state index is -1.97. The quantitative estimate of drug-likeness (QED) is 0.0684. The summed E-state index contributed by atoms with van der Waals surface area (Å²) in [6, 6.07) is -1.38. The van der Waals surface area contributed by atoms with Gasteiger partial charge in [-0.25, -0.2) is 0 Å². The van der Waals surface area contributed by atoms with Crippen molar-refractivity contribution >= 4 is 5.91 Å². The lowest BCUT2D eigenvalue weighted by molar-refractivity contribution is -0.391. The molecule has 0 bridgehead atoms. The van der Waals surface area contributed by atoms with E-state index in [2.05, 4.69) is 5.32 Å². The highest BCUT2D eigenvalue weighted by atomic mass is 16.8. The van der Waals surface area contributed by atoms with Gasteiger partial charge in [-0.2, -0.15) is 0 Å². The number of ether oxygens (including phenoxy) is 11. The highest BCUT2D eigenvalue weighted by Crippen LogP contribution is 2.40. The maximum Gasteiger partial charge on any atom is 0.217 e. The Bertz CT molecular complexity index is 1610. The lowest BCUT2D eigenvalue weighted by Gasteiger charge is -2.52. The molecule has 0 aromatic carbocycles. The predicted molar refractivity (Wildman–Crippen MR) is 226 cm³/mol. The van der Waals surface area contributed by atoms with Crippen molar-refractivity contribution in [3.05, 3.63) is 0 Å². The Morgan fingerprint density at radius 2 is 0.986 bits per heavy atom. The standard InChI is InChI=1S/C43H75NO25/c1-8-9-59-42-37(31(56)24(49)15(4)62-42)69-43-38(36(26(51)17(6)63-43)68-41-33(58)30(55)28(53)21(12-46)65-41)64-20-10-19(11-45)27(52)35(22(20)44-18(7)47)67-39-13(2)34(25(50)16(5)60-39)66-40-32(57)29(54)23(48)14(3)61-40/h13-17,19-43,45-46,48-58H,8-12H2,1-7H3,(H,44,47)/t13?,14?,15?,16?,17?,19?,20-,21+,22?,23+,24+,25+,26+,27-,28-,29+,30?,31+,32?,33?,34-,35-,36+,37?,38?,39+,40+,41-,42-,43+/m1/s1. The van der Waals surface area contributed by atoms with Gasteiger partial charge in [0.1, 0.15) is 91.6 Å². The van der Waals surface area contributed by atoms with E-state index < -0.39 is 203 Å². The maximum absolute atomic E-state index is 13.1. The second-order valence-electron chi connectivity index (χ2n) is 19.1. The van der Waals surface area contributed by atoms with Gasteiger partial charge in [0.25, 0.3) is 0 Å². The monoisotopic (exact) mass is 1010 g/mol. The lowest BCUT2D eigenvalue weighted by atomic mass is 9.79. The number of amides is 1. The van der Waals surface area contributed by atoms with E-state index in [9.17, 15) is 71.2 Å². The summed E-state index contributed by atoms with van der Waals surface area (Å²) >= 11 is 0. The molecule has 0 aromatic rings. The van der Waals surface area contributed by atoms with E-state index in [1.165, 1.54) is 34.6 Å². The van der Waals surface area contributed by atoms with Crippen LogP contribution in [0.15, 0.2) is 0 Å². The van der Waals surface area contributed by atoms with E-state index in [4.69, 9.17) is 52.1 Å². The van der Waals surface area contributed by atoms with Gasteiger partial charge in [-0.05, 0) is 40.5 Å². The van der Waals surface area contributed by atoms with Crippen LogP contribution in [-0.2, 0) is 56.9 Å². The minimum Gasteiger partial charge on any atom is -0.396 e. The molecule has 12 unspecified atom stereocenters. The molecule has 1 amide bonds. The molecular formula is C43H75NO25. The van der Waals surface area contributed by atoms with Gasteiger partial charge < -0.3 is 124 Å². The molecule has 26 heteroatoms. The van der Waals surface area contributed by atoms with Crippen molar-refractivity contribution in [2.24, 2.45) is 11.8 Å². The van der Waals surface area contributed by atoms with Crippen LogP contribution in [0.1, 0.15) is 61.3 Å². The molecule has 69 heavy (non-hydrogen) atoms. The zero-order chi connectivity index (χ0) is 50.9. The molecule has 6 fully saturated rings. The Labute approximate surface area is 398 Å². The van der Waals surface area contributed by atoms with Gasteiger partial charge in [-0.1, -0.05) is 13.8 Å². The second kappa shape index (κ2) is 24.2. The number of carbonyl (C=O) groups is 1. The summed E-state index contributed by atoms with van der Waals surface area (Å²) < 4.78 is 67.2. The number of aliphatic hydroxyl groups is 13. The number of carbonyl (C=O) groups excluding carboxylic acids is 1. The summed E-state index contributed by atoms with van der Waals surface area (Å²) in [6.45, 7) is 9.05. The number of rotatable bonds is 16. The van der Waals surface area contributed by atoms with Crippen molar-refractivity contribution < 1.29 is 123 Å². The molecule has 1 saturated carbocycles. The zero-order valence-corrected chi connectivity index (χ0v) is 39.6. The first-order valence-electron chi connectivity index (χ1n) is 23.7.